The van der Waals surface area contributed by atoms with Crippen LogP contribution in [0.3, 0.4) is 0 Å². The van der Waals surface area contributed by atoms with Crippen molar-refractivity contribution in [2.75, 3.05) is 10.0 Å². The third-order valence-corrected chi connectivity index (χ3v) is 6.22. The molecule has 7 nitrogen and oxygen atoms in total. The maximum Gasteiger partial charge on any atom is 0.261 e. The topological polar surface area (TPSA) is 96.9 Å². The van der Waals surface area contributed by atoms with Crippen LogP contribution in [0.5, 0.6) is 0 Å². The molecule has 4 rings (SSSR count). The Morgan fingerprint density at radius 2 is 1.88 bits per heavy atom. The minimum absolute atomic E-state index is 0.147. The molecule has 0 fully saturated rings. The van der Waals surface area contributed by atoms with Crippen LogP contribution in [0.1, 0.15) is 5.56 Å². The smallest absolute Gasteiger partial charge is 0.261 e. The zero-order chi connectivity index (χ0) is 22.7. The lowest BCUT2D eigenvalue weighted by molar-refractivity contribution is 0.599. The van der Waals surface area contributed by atoms with E-state index in [0.717, 1.165) is 29.3 Å². The largest absolute Gasteiger partial charge is 0.324 e. The summed E-state index contributed by atoms with van der Waals surface area (Å²) in [6, 6.07) is 13.7. The molecule has 0 aliphatic carbocycles. The Morgan fingerprint density at radius 1 is 1.03 bits per heavy atom. The molecule has 10 heteroatoms. The van der Waals surface area contributed by atoms with Crippen molar-refractivity contribution >= 4 is 38.9 Å². The van der Waals surface area contributed by atoms with Crippen LogP contribution < -0.4 is 10.0 Å². The molecule has 0 aliphatic rings. The lowest BCUT2D eigenvalue weighted by atomic mass is 10.2. The second kappa shape index (κ2) is 8.89. The first kappa shape index (κ1) is 21.7. The monoisotopic (exact) mass is 469 g/mol. The van der Waals surface area contributed by atoms with Crippen molar-refractivity contribution in [3.05, 3.63) is 89.6 Å². The summed E-state index contributed by atoms with van der Waals surface area (Å²) in [6.45, 7) is 1.87. The maximum atomic E-state index is 13.4. The fourth-order valence-electron chi connectivity index (χ4n) is 2.89. The van der Waals surface area contributed by atoms with E-state index in [1.807, 2.05) is 19.1 Å². The fraction of sp³-hybridized carbons (Fsp3) is 0.0455. The van der Waals surface area contributed by atoms with E-state index >= 15 is 0 Å². The number of hydrogen-bond acceptors (Lipinski definition) is 6. The standard InChI is InChI=1S/C22H17ClFN5O2S/c1-14-4-5-16(29-32(30,31)17-6-7-19(24)18(23)12-17)11-21(14)28-22-26-10-8-20(27-22)15-3-2-9-25-13-15/h2-13,29H,1H3,(H,26,27,28). The Labute approximate surface area is 189 Å². The molecule has 0 spiro atoms. The van der Waals surface area contributed by atoms with Gasteiger partial charge in [0.2, 0.25) is 5.95 Å². The van der Waals surface area contributed by atoms with Gasteiger partial charge in [-0.15, -0.1) is 0 Å². The van der Waals surface area contributed by atoms with Crippen molar-refractivity contribution in [1.29, 1.82) is 0 Å². The van der Waals surface area contributed by atoms with Gasteiger partial charge in [0.1, 0.15) is 5.82 Å². The van der Waals surface area contributed by atoms with Crippen molar-refractivity contribution in [3.8, 4) is 11.3 Å². The van der Waals surface area contributed by atoms with E-state index in [0.29, 0.717) is 23.0 Å². The molecule has 0 atom stereocenters. The van der Waals surface area contributed by atoms with Crippen LogP contribution in [-0.4, -0.2) is 23.4 Å². The molecule has 2 N–H and O–H groups in total. The number of pyridine rings is 1. The summed E-state index contributed by atoms with van der Waals surface area (Å²) in [7, 11) is -3.96. The van der Waals surface area contributed by atoms with Crippen LogP contribution in [0.15, 0.2) is 78.1 Å². The van der Waals surface area contributed by atoms with Gasteiger partial charge in [0.05, 0.1) is 21.3 Å². The van der Waals surface area contributed by atoms with Gasteiger partial charge in [-0.1, -0.05) is 17.7 Å². The lowest BCUT2D eigenvalue weighted by Gasteiger charge is -2.13. The highest BCUT2D eigenvalue weighted by Crippen LogP contribution is 2.27. The van der Waals surface area contributed by atoms with E-state index in [1.54, 1.807) is 42.9 Å². The van der Waals surface area contributed by atoms with Crippen molar-refractivity contribution < 1.29 is 12.8 Å². The lowest BCUT2D eigenvalue weighted by Crippen LogP contribution is -2.13. The Hall–Kier alpha value is -3.56. The van der Waals surface area contributed by atoms with Gasteiger partial charge in [-0.05, 0) is 61.0 Å². The van der Waals surface area contributed by atoms with E-state index in [2.05, 4.69) is 25.0 Å². The van der Waals surface area contributed by atoms with Gasteiger partial charge in [-0.3, -0.25) is 9.71 Å². The zero-order valence-corrected chi connectivity index (χ0v) is 18.3. The molecule has 0 saturated heterocycles. The van der Waals surface area contributed by atoms with E-state index < -0.39 is 15.8 Å². The van der Waals surface area contributed by atoms with E-state index in [4.69, 9.17) is 11.6 Å². The third kappa shape index (κ3) is 4.84. The number of rotatable bonds is 6. The molecular weight excluding hydrogens is 453 g/mol. The van der Waals surface area contributed by atoms with Crippen molar-refractivity contribution in [2.45, 2.75) is 11.8 Å². The molecule has 2 heterocycles. The number of aryl methyl sites for hydroxylation is 1. The van der Waals surface area contributed by atoms with Crippen molar-refractivity contribution in [3.63, 3.8) is 0 Å². The summed E-state index contributed by atoms with van der Waals surface area (Å²) < 4.78 is 41.2. The molecule has 0 saturated carbocycles. The van der Waals surface area contributed by atoms with Crippen LogP contribution in [0.25, 0.3) is 11.3 Å². The number of benzene rings is 2. The highest BCUT2D eigenvalue weighted by Gasteiger charge is 2.17. The van der Waals surface area contributed by atoms with Crippen molar-refractivity contribution in [2.24, 2.45) is 0 Å². The molecular formula is C22H17ClFN5O2S. The highest BCUT2D eigenvalue weighted by molar-refractivity contribution is 7.92. The molecule has 2 aromatic carbocycles. The molecule has 162 valence electrons. The van der Waals surface area contributed by atoms with Gasteiger partial charge in [-0.25, -0.2) is 22.8 Å². The average Bonchev–Trinajstić information content (AvgIpc) is 2.78. The minimum atomic E-state index is -3.96. The predicted molar refractivity (Wildman–Crippen MR) is 122 cm³/mol. The SMILES string of the molecule is Cc1ccc(NS(=O)(=O)c2ccc(F)c(Cl)c2)cc1Nc1nccc(-c2cccnc2)n1. The van der Waals surface area contributed by atoms with E-state index in [-0.39, 0.29) is 9.92 Å². The number of nitrogens with zero attached hydrogens (tertiary/aromatic N) is 3. The Kier molecular flexibility index (Phi) is 6.02. The highest BCUT2D eigenvalue weighted by atomic mass is 35.5. The van der Waals surface area contributed by atoms with Crippen LogP contribution in [0.4, 0.5) is 21.7 Å². The van der Waals surface area contributed by atoms with Gasteiger partial charge in [0.25, 0.3) is 10.0 Å². The summed E-state index contributed by atoms with van der Waals surface area (Å²) in [5.41, 5.74) is 3.31. The van der Waals surface area contributed by atoms with Crippen LogP contribution >= 0.6 is 11.6 Å². The molecule has 2 aromatic heterocycles. The Balaban J connectivity index is 1.59. The van der Waals surface area contributed by atoms with Gasteiger partial charge >= 0.3 is 0 Å². The average molecular weight is 470 g/mol. The van der Waals surface area contributed by atoms with Gasteiger partial charge < -0.3 is 5.32 Å². The summed E-state index contributed by atoms with van der Waals surface area (Å²) in [6.07, 6.45) is 5.01. The van der Waals surface area contributed by atoms with E-state index in [9.17, 15) is 12.8 Å². The Morgan fingerprint density at radius 3 is 2.62 bits per heavy atom. The minimum Gasteiger partial charge on any atom is -0.324 e. The fourth-order valence-corrected chi connectivity index (χ4v) is 4.21. The first-order valence-electron chi connectivity index (χ1n) is 9.41. The number of hydrogen-bond donors (Lipinski definition) is 2. The third-order valence-electron chi connectivity index (χ3n) is 4.55. The van der Waals surface area contributed by atoms with Crippen LogP contribution in [-0.2, 0) is 10.0 Å². The second-order valence-corrected chi connectivity index (χ2v) is 8.93. The molecule has 0 unspecified atom stereocenters. The summed E-state index contributed by atoms with van der Waals surface area (Å²) in [5.74, 6) is -0.347. The van der Waals surface area contributed by atoms with Crippen LogP contribution in [0.2, 0.25) is 5.02 Å². The normalized spacial score (nSPS) is 11.2. The van der Waals surface area contributed by atoms with Crippen molar-refractivity contribution in [1.82, 2.24) is 15.0 Å². The maximum absolute atomic E-state index is 13.4. The molecule has 32 heavy (non-hydrogen) atoms. The van der Waals surface area contributed by atoms with Crippen LogP contribution in [0, 0.1) is 12.7 Å². The van der Waals surface area contributed by atoms with E-state index in [1.165, 1.54) is 0 Å². The predicted octanol–water partition coefficient (Wildman–Crippen LogP) is 5.18. The van der Waals surface area contributed by atoms with Gasteiger partial charge in [0, 0.05) is 29.8 Å². The summed E-state index contributed by atoms with van der Waals surface area (Å²) in [5, 5.41) is 2.84. The van der Waals surface area contributed by atoms with Gasteiger partial charge in [-0.2, -0.15) is 0 Å². The molecule has 0 bridgehead atoms. The Bertz CT molecular complexity index is 1380. The first-order valence-corrected chi connectivity index (χ1v) is 11.3. The molecule has 0 amide bonds. The van der Waals surface area contributed by atoms with Gasteiger partial charge in [0.15, 0.2) is 0 Å². The first-order chi connectivity index (χ1) is 15.3. The summed E-state index contributed by atoms with van der Waals surface area (Å²) >= 11 is 5.72. The quantitative estimate of drug-likeness (QED) is 0.403. The second-order valence-electron chi connectivity index (χ2n) is 6.84. The molecule has 4 aromatic rings. The zero-order valence-electron chi connectivity index (χ0n) is 16.8. The number of halogens is 2. The summed E-state index contributed by atoms with van der Waals surface area (Å²) in [4.78, 5) is 12.7. The number of anilines is 3. The molecule has 0 aliphatic heterocycles. The molecule has 0 radical (unpaired) electrons. The number of sulfonamides is 1. The number of nitrogens with one attached hydrogen (secondary N) is 2. The number of aromatic nitrogens is 3.